The minimum Gasteiger partial charge on any atom is -0.329 e. The number of halogens is 3. The Bertz CT molecular complexity index is 562. The number of nitrogens with two attached hydrogens (primary N) is 1. The van der Waals surface area contributed by atoms with Crippen molar-refractivity contribution < 1.29 is 21.6 Å². The van der Waals surface area contributed by atoms with Crippen molar-refractivity contribution in [1.82, 2.24) is 14.5 Å². The number of rotatable bonds is 5. The Morgan fingerprint density at radius 1 is 1.47 bits per heavy atom. The van der Waals surface area contributed by atoms with Crippen molar-refractivity contribution in [3.63, 3.8) is 0 Å². The largest absolute Gasteiger partial charge is 0.407 e. The molecule has 1 aliphatic rings. The first-order valence-corrected chi connectivity index (χ1v) is 7.02. The van der Waals surface area contributed by atoms with Gasteiger partial charge in [0, 0.05) is 12.7 Å². The summed E-state index contributed by atoms with van der Waals surface area (Å²) in [5.74, 6) is 0. The molecule has 0 aromatic carbocycles. The third kappa shape index (κ3) is 2.74. The lowest BCUT2D eigenvalue weighted by Crippen LogP contribution is -2.47. The van der Waals surface area contributed by atoms with Crippen LogP contribution in [0.25, 0.3) is 0 Å². The Hall–Kier alpha value is -1.13. The summed E-state index contributed by atoms with van der Waals surface area (Å²) < 4.78 is 64.8. The first-order valence-electron chi connectivity index (χ1n) is 5.53. The third-order valence-corrected chi connectivity index (χ3v) is 4.39. The Morgan fingerprint density at radius 3 is 2.58 bits per heavy atom. The molecule has 19 heavy (non-hydrogen) atoms. The highest BCUT2D eigenvalue weighted by Gasteiger charge is 2.65. The molecule has 1 heterocycles. The van der Waals surface area contributed by atoms with Crippen molar-refractivity contribution in [3.8, 4) is 0 Å². The zero-order chi connectivity index (χ0) is 14.3. The van der Waals surface area contributed by atoms with Crippen molar-refractivity contribution in [2.75, 3.05) is 6.54 Å². The quantitative estimate of drug-likeness (QED) is 0.813. The van der Waals surface area contributed by atoms with Gasteiger partial charge in [-0.05, 0) is 12.8 Å². The van der Waals surface area contributed by atoms with Gasteiger partial charge in [0.1, 0.15) is 10.4 Å². The lowest BCUT2D eigenvalue weighted by Gasteiger charge is -2.19. The lowest BCUT2D eigenvalue weighted by molar-refractivity contribution is -0.160. The molecule has 3 N–H and O–H groups in total. The number of alkyl halides is 3. The number of sulfonamides is 1. The molecule has 1 aromatic rings. The molecule has 0 spiro atoms. The van der Waals surface area contributed by atoms with Gasteiger partial charge in [0.05, 0.1) is 12.7 Å². The van der Waals surface area contributed by atoms with Crippen LogP contribution >= 0.6 is 0 Å². The predicted octanol–water partition coefficient (Wildman–Crippen LogP) is 0.215. The van der Waals surface area contributed by atoms with Crippen molar-refractivity contribution in [2.24, 2.45) is 5.73 Å². The van der Waals surface area contributed by atoms with E-state index < -0.39 is 21.7 Å². The van der Waals surface area contributed by atoms with Gasteiger partial charge in [-0.1, -0.05) is 0 Å². The van der Waals surface area contributed by atoms with Crippen LogP contribution in [-0.4, -0.2) is 36.5 Å². The molecule has 1 fully saturated rings. The maximum atomic E-state index is 12.7. The minimum absolute atomic E-state index is 0.243. The van der Waals surface area contributed by atoms with E-state index in [0.717, 1.165) is 12.4 Å². The fourth-order valence-electron chi connectivity index (χ4n) is 1.62. The van der Waals surface area contributed by atoms with E-state index in [9.17, 15) is 21.6 Å². The summed E-state index contributed by atoms with van der Waals surface area (Å²) in [5, 5.41) is 3.72. The van der Waals surface area contributed by atoms with Gasteiger partial charge in [0.2, 0.25) is 10.0 Å². The first kappa shape index (κ1) is 14.3. The zero-order valence-electron chi connectivity index (χ0n) is 9.81. The van der Waals surface area contributed by atoms with Crippen LogP contribution in [0.15, 0.2) is 17.3 Å². The van der Waals surface area contributed by atoms with Crippen LogP contribution in [-0.2, 0) is 16.6 Å². The van der Waals surface area contributed by atoms with Gasteiger partial charge in [-0.2, -0.15) is 23.0 Å². The van der Waals surface area contributed by atoms with E-state index in [1.807, 2.05) is 0 Å². The Kier molecular flexibility index (Phi) is 3.35. The van der Waals surface area contributed by atoms with Crippen LogP contribution < -0.4 is 10.5 Å². The van der Waals surface area contributed by atoms with Crippen molar-refractivity contribution >= 4 is 10.0 Å². The van der Waals surface area contributed by atoms with Crippen molar-refractivity contribution in [1.29, 1.82) is 0 Å². The second-order valence-electron chi connectivity index (χ2n) is 4.41. The van der Waals surface area contributed by atoms with Crippen LogP contribution in [0.5, 0.6) is 0 Å². The molecule has 1 saturated carbocycles. The molecule has 10 heteroatoms. The summed E-state index contributed by atoms with van der Waals surface area (Å²) in [6.45, 7) is 0.543. The highest BCUT2D eigenvalue weighted by molar-refractivity contribution is 7.89. The molecule has 0 aliphatic heterocycles. The molecule has 0 unspecified atom stereocenters. The second-order valence-corrected chi connectivity index (χ2v) is 6.10. The van der Waals surface area contributed by atoms with Gasteiger partial charge < -0.3 is 5.73 Å². The van der Waals surface area contributed by atoms with E-state index in [0.29, 0.717) is 6.54 Å². The Balaban J connectivity index is 2.19. The van der Waals surface area contributed by atoms with Crippen molar-refractivity contribution in [2.45, 2.75) is 36.0 Å². The summed E-state index contributed by atoms with van der Waals surface area (Å²) in [6, 6.07) is 0. The minimum atomic E-state index is -4.59. The maximum Gasteiger partial charge on any atom is 0.407 e. The van der Waals surface area contributed by atoms with Gasteiger partial charge in [0.15, 0.2) is 0 Å². The van der Waals surface area contributed by atoms with E-state index in [4.69, 9.17) is 5.73 Å². The standard InChI is InChI=1S/C9H13F3N4O2S/c10-9(11,12)8(1-2-8)15-19(17,18)7-5-14-16(6-7)4-3-13/h5-6,15H,1-4,13H2. The first-order chi connectivity index (χ1) is 8.70. The summed E-state index contributed by atoms with van der Waals surface area (Å²) in [7, 11) is -4.23. The van der Waals surface area contributed by atoms with Gasteiger partial charge in [0.25, 0.3) is 0 Å². The summed E-state index contributed by atoms with van der Waals surface area (Å²) in [6.07, 6.45) is -2.92. The van der Waals surface area contributed by atoms with Crippen LogP contribution in [0.3, 0.4) is 0 Å². The molecule has 0 atom stereocenters. The molecule has 0 bridgehead atoms. The number of hydrogen-bond donors (Lipinski definition) is 2. The fourth-order valence-corrected chi connectivity index (χ4v) is 3.02. The van der Waals surface area contributed by atoms with E-state index in [1.165, 1.54) is 4.68 Å². The molecule has 0 saturated heterocycles. The van der Waals surface area contributed by atoms with E-state index in [1.54, 1.807) is 4.72 Å². The number of aromatic nitrogens is 2. The molecule has 108 valence electrons. The van der Waals surface area contributed by atoms with Crippen LogP contribution in [0, 0.1) is 0 Å². The van der Waals surface area contributed by atoms with E-state index in [2.05, 4.69) is 5.10 Å². The summed E-state index contributed by atoms with van der Waals surface area (Å²) in [5.41, 5.74) is 2.96. The maximum absolute atomic E-state index is 12.7. The van der Waals surface area contributed by atoms with Gasteiger partial charge in [-0.25, -0.2) is 8.42 Å². The molecule has 0 radical (unpaired) electrons. The monoisotopic (exact) mass is 298 g/mol. The average molecular weight is 298 g/mol. The molecule has 1 aromatic heterocycles. The zero-order valence-corrected chi connectivity index (χ0v) is 10.6. The summed E-state index contributed by atoms with van der Waals surface area (Å²) >= 11 is 0. The Labute approximate surface area is 107 Å². The van der Waals surface area contributed by atoms with Crippen LogP contribution in [0.2, 0.25) is 0 Å². The highest BCUT2D eigenvalue weighted by atomic mass is 32.2. The molecule has 1 aliphatic carbocycles. The predicted molar refractivity (Wildman–Crippen MR) is 59.6 cm³/mol. The van der Waals surface area contributed by atoms with E-state index >= 15 is 0 Å². The van der Waals surface area contributed by atoms with Gasteiger partial charge >= 0.3 is 6.18 Å². The lowest BCUT2D eigenvalue weighted by atomic mass is 10.3. The van der Waals surface area contributed by atoms with Crippen molar-refractivity contribution in [3.05, 3.63) is 12.4 Å². The number of nitrogens with one attached hydrogen (secondary N) is 1. The highest BCUT2D eigenvalue weighted by Crippen LogP contribution is 2.49. The van der Waals surface area contributed by atoms with E-state index in [-0.39, 0.29) is 24.3 Å². The molecule has 0 amide bonds. The molecular formula is C9H13F3N4O2S. The molecule has 6 nitrogen and oxygen atoms in total. The van der Waals surface area contributed by atoms with Gasteiger partial charge in [-0.3, -0.25) is 4.68 Å². The number of hydrogen-bond acceptors (Lipinski definition) is 4. The summed E-state index contributed by atoms with van der Waals surface area (Å²) in [4.78, 5) is -0.295. The number of nitrogens with zero attached hydrogens (tertiary/aromatic N) is 2. The Morgan fingerprint density at radius 2 is 2.11 bits per heavy atom. The molecular weight excluding hydrogens is 285 g/mol. The second kappa shape index (κ2) is 4.46. The van der Waals surface area contributed by atoms with Gasteiger partial charge in [-0.15, -0.1) is 0 Å². The average Bonchev–Trinajstić information content (AvgIpc) is 2.89. The third-order valence-electron chi connectivity index (χ3n) is 2.90. The van der Waals surface area contributed by atoms with Crippen LogP contribution in [0.4, 0.5) is 13.2 Å². The molecule has 2 rings (SSSR count). The fraction of sp³-hybridized carbons (Fsp3) is 0.667. The topological polar surface area (TPSA) is 90.0 Å². The SMILES string of the molecule is NCCn1cc(S(=O)(=O)NC2(C(F)(F)F)CC2)cn1. The smallest absolute Gasteiger partial charge is 0.329 e. The van der Waals surface area contributed by atoms with Crippen LogP contribution in [0.1, 0.15) is 12.8 Å². The normalized spacial score (nSPS) is 18.5.